The van der Waals surface area contributed by atoms with Crippen LogP contribution in [-0.4, -0.2) is 58.1 Å². The number of sulfone groups is 1. The molecule has 1 N–H and O–H groups in total. The summed E-state index contributed by atoms with van der Waals surface area (Å²) in [6.45, 7) is 5.82. The minimum absolute atomic E-state index is 0.308. The number of rotatable bonds is 7. The number of nitrogens with zero attached hydrogens (tertiary/aromatic N) is 1. The van der Waals surface area contributed by atoms with E-state index in [4.69, 9.17) is 0 Å². The van der Waals surface area contributed by atoms with E-state index in [9.17, 15) is 8.42 Å². The molecule has 1 aliphatic rings. The van der Waals surface area contributed by atoms with E-state index in [2.05, 4.69) is 10.2 Å². The minimum Gasteiger partial charge on any atom is -0.317 e. The summed E-state index contributed by atoms with van der Waals surface area (Å²) in [5, 5.41) is 3.35. The fourth-order valence-corrected chi connectivity index (χ4v) is 3.72. The van der Waals surface area contributed by atoms with Crippen LogP contribution in [0.4, 0.5) is 0 Å². The molecule has 0 aliphatic carbocycles. The summed E-state index contributed by atoms with van der Waals surface area (Å²) >= 11 is 0. The van der Waals surface area contributed by atoms with Crippen LogP contribution in [0.1, 0.15) is 26.2 Å². The highest BCUT2D eigenvalue weighted by Crippen LogP contribution is 2.12. The maximum Gasteiger partial charge on any atom is 0.151 e. The normalized spacial score (nSPS) is 18.8. The monoisotopic (exact) mass is 262 g/mol. The maximum atomic E-state index is 11.6. The highest BCUT2D eigenvalue weighted by molar-refractivity contribution is 7.91. The van der Waals surface area contributed by atoms with Gasteiger partial charge in [-0.25, -0.2) is 8.42 Å². The standard InChI is InChI=1S/C12H26N2O2S/c1-3-9-17(15,16)10-8-14(2)11-12-4-6-13-7-5-12/h12-13H,3-11H2,1-2H3. The highest BCUT2D eigenvalue weighted by Gasteiger charge is 2.16. The highest BCUT2D eigenvalue weighted by atomic mass is 32.2. The first kappa shape index (κ1) is 14.9. The van der Waals surface area contributed by atoms with E-state index in [1.165, 1.54) is 12.8 Å². The molecule has 0 bridgehead atoms. The van der Waals surface area contributed by atoms with Gasteiger partial charge in [-0.3, -0.25) is 0 Å². The Balaban J connectivity index is 2.22. The fraction of sp³-hybridized carbons (Fsp3) is 1.00. The van der Waals surface area contributed by atoms with E-state index in [1.54, 1.807) is 0 Å². The zero-order valence-corrected chi connectivity index (χ0v) is 11.9. The molecule has 1 rings (SSSR count). The number of hydrogen-bond acceptors (Lipinski definition) is 4. The smallest absolute Gasteiger partial charge is 0.151 e. The molecule has 1 aliphatic heterocycles. The lowest BCUT2D eigenvalue weighted by molar-refractivity contribution is 0.249. The molecule has 5 heteroatoms. The van der Waals surface area contributed by atoms with E-state index < -0.39 is 9.84 Å². The van der Waals surface area contributed by atoms with Crippen LogP contribution in [0.25, 0.3) is 0 Å². The minimum atomic E-state index is -2.82. The van der Waals surface area contributed by atoms with Crippen molar-refractivity contribution in [2.24, 2.45) is 5.92 Å². The van der Waals surface area contributed by atoms with Gasteiger partial charge in [0, 0.05) is 18.8 Å². The van der Waals surface area contributed by atoms with Crippen LogP contribution in [0.2, 0.25) is 0 Å². The third-order valence-corrected chi connectivity index (χ3v) is 5.16. The third kappa shape index (κ3) is 6.38. The van der Waals surface area contributed by atoms with Crippen LogP contribution < -0.4 is 5.32 Å². The first-order valence-corrected chi connectivity index (χ1v) is 8.45. The van der Waals surface area contributed by atoms with Crippen molar-refractivity contribution in [3.63, 3.8) is 0 Å². The van der Waals surface area contributed by atoms with E-state index in [0.29, 0.717) is 18.1 Å². The van der Waals surface area contributed by atoms with Gasteiger partial charge >= 0.3 is 0 Å². The Morgan fingerprint density at radius 2 is 1.88 bits per heavy atom. The van der Waals surface area contributed by atoms with Crippen LogP contribution in [0, 0.1) is 5.92 Å². The SMILES string of the molecule is CCCS(=O)(=O)CCN(C)CC1CCNCC1. The molecule has 4 nitrogen and oxygen atoms in total. The lowest BCUT2D eigenvalue weighted by atomic mass is 9.98. The average molecular weight is 262 g/mol. The van der Waals surface area contributed by atoms with Gasteiger partial charge in [0.15, 0.2) is 9.84 Å². The predicted molar refractivity (Wildman–Crippen MR) is 72.0 cm³/mol. The molecule has 0 aromatic heterocycles. The van der Waals surface area contributed by atoms with Crippen molar-refractivity contribution >= 4 is 9.84 Å². The summed E-state index contributed by atoms with van der Waals surface area (Å²) in [6.07, 6.45) is 3.15. The molecule has 0 amide bonds. The van der Waals surface area contributed by atoms with E-state index >= 15 is 0 Å². The Morgan fingerprint density at radius 3 is 2.47 bits per heavy atom. The van der Waals surface area contributed by atoms with Crippen LogP contribution in [-0.2, 0) is 9.84 Å². The van der Waals surface area contributed by atoms with Gasteiger partial charge in [0.05, 0.1) is 5.75 Å². The Labute approximate surface area is 106 Å². The average Bonchev–Trinajstić information content (AvgIpc) is 2.28. The van der Waals surface area contributed by atoms with Crippen molar-refractivity contribution in [1.29, 1.82) is 0 Å². The van der Waals surface area contributed by atoms with Gasteiger partial charge in [-0.2, -0.15) is 0 Å². The second-order valence-electron chi connectivity index (χ2n) is 5.11. The van der Waals surface area contributed by atoms with Gasteiger partial charge in [-0.15, -0.1) is 0 Å². The van der Waals surface area contributed by atoms with Crippen molar-refractivity contribution in [2.45, 2.75) is 26.2 Å². The summed E-state index contributed by atoms with van der Waals surface area (Å²) in [6, 6.07) is 0. The molecule has 0 spiro atoms. The molecule has 0 radical (unpaired) electrons. The lowest BCUT2D eigenvalue weighted by Gasteiger charge is -2.27. The molecule has 0 aromatic rings. The Morgan fingerprint density at radius 1 is 1.24 bits per heavy atom. The molecule has 17 heavy (non-hydrogen) atoms. The topological polar surface area (TPSA) is 49.4 Å². The molecule has 0 saturated carbocycles. The number of hydrogen-bond donors (Lipinski definition) is 1. The summed E-state index contributed by atoms with van der Waals surface area (Å²) in [5.74, 6) is 1.37. The van der Waals surface area contributed by atoms with Crippen LogP contribution in [0.15, 0.2) is 0 Å². The lowest BCUT2D eigenvalue weighted by Crippen LogP contribution is -2.36. The fourth-order valence-electron chi connectivity index (χ4n) is 2.30. The summed E-state index contributed by atoms with van der Waals surface area (Å²) < 4.78 is 23.2. The molecule has 1 fully saturated rings. The molecule has 0 atom stereocenters. The molecular weight excluding hydrogens is 236 g/mol. The van der Waals surface area contributed by atoms with Crippen molar-refractivity contribution in [3.8, 4) is 0 Å². The number of nitrogens with one attached hydrogen (secondary N) is 1. The van der Waals surface area contributed by atoms with E-state index in [1.807, 2.05) is 14.0 Å². The Bertz CT molecular complexity index is 298. The largest absolute Gasteiger partial charge is 0.317 e. The molecule has 0 aromatic carbocycles. The molecular formula is C12H26N2O2S. The summed E-state index contributed by atoms with van der Waals surface area (Å²) in [4.78, 5) is 2.17. The summed E-state index contributed by atoms with van der Waals surface area (Å²) in [7, 11) is -0.790. The quantitative estimate of drug-likeness (QED) is 0.735. The first-order valence-electron chi connectivity index (χ1n) is 6.63. The molecule has 0 unspecified atom stereocenters. The first-order chi connectivity index (χ1) is 8.03. The van der Waals surface area contributed by atoms with Crippen LogP contribution >= 0.6 is 0 Å². The van der Waals surface area contributed by atoms with Gasteiger partial charge in [0.2, 0.25) is 0 Å². The van der Waals surface area contributed by atoms with Gasteiger partial charge in [-0.1, -0.05) is 6.92 Å². The number of piperidine rings is 1. The van der Waals surface area contributed by atoms with Crippen molar-refractivity contribution < 1.29 is 8.42 Å². The van der Waals surface area contributed by atoms with Crippen molar-refractivity contribution in [1.82, 2.24) is 10.2 Å². The zero-order chi connectivity index (χ0) is 12.7. The Hall–Kier alpha value is -0.130. The Kier molecular flexibility index (Phi) is 6.44. The van der Waals surface area contributed by atoms with Gasteiger partial charge < -0.3 is 10.2 Å². The van der Waals surface area contributed by atoms with E-state index in [0.717, 1.165) is 32.0 Å². The molecule has 102 valence electrons. The van der Waals surface area contributed by atoms with Gasteiger partial charge in [0.1, 0.15) is 0 Å². The van der Waals surface area contributed by atoms with Crippen LogP contribution in [0.5, 0.6) is 0 Å². The van der Waals surface area contributed by atoms with Gasteiger partial charge in [0.25, 0.3) is 0 Å². The summed E-state index contributed by atoms with van der Waals surface area (Å²) in [5.41, 5.74) is 0. The second-order valence-corrected chi connectivity index (χ2v) is 7.41. The van der Waals surface area contributed by atoms with Crippen LogP contribution in [0.3, 0.4) is 0 Å². The van der Waals surface area contributed by atoms with E-state index in [-0.39, 0.29) is 0 Å². The third-order valence-electron chi connectivity index (χ3n) is 3.33. The van der Waals surface area contributed by atoms with Crippen molar-refractivity contribution in [3.05, 3.63) is 0 Å². The zero-order valence-electron chi connectivity index (χ0n) is 11.1. The molecule has 1 saturated heterocycles. The van der Waals surface area contributed by atoms with Crippen molar-refractivity contribution in [2.75, 3.05) is 44.7 Å². The maximum absolute atomic E-state index is 11.6. The second kappa shape index (κ2) is 7.34. The molecule has 1 heterocycles. The predicted octanol–water partition coefficient (Wildman–Crippen LogP) is 0.743. The van der Waals surface area contributed by atoms with Gasteiger partial charge in [-0.05, 0) is 45.3 Å².